The van der Waals surface area contributed by atoms with Crippen LogP contribution in [0, 0.1) is 0 Å². The van der Waals surface area contributed by atoms with E-state index >= 15 is 0 Å². The molecule has 18 heavy (non-hydrogen) atoms. The summed E-state index contributed by atoms with van der Waals surface area (Å²) in [6.07, 6.45) is 1.12. The Bertz CT molecular complexity index is 408. The summed E-state index contributed by atoms with van der Waals surface area (Å²) >= 11 is 0. The molecule has 0 unspecified atom stereocenters. The Kier molecular flexibility index (Phi) is 5.07. The van der Waals surface area contributed by atoms with Crippen LogP contribution in [0.15, 0.2) is 10.7 Å². The standard InChI is InChI=1S/C6H13N4O7P/c1-18(7,17-10(13)14)16-3-4-2-15-6(8-4)5(11)9-12/h2,12-14,18H,3,7H2,1H3,(H,9,11). The molecule has 0 saturated carbocycles. The van der Waals surface area contributed by atoms with Crippen molar-refractivity contribution in [3.05, 3.63) is 17.8 Å². The molecule has 1 aromatic heterocycles. The summed E-state index contributed by atoms with van der Waals surface area (Å²) in [6, 6.07) is 0. The molecule has 1 rings (SSSR count). The second-order valence-electron chi connectivity index (χ2n) is 3.23. The molecule has 0 radical (unpaired) electrons. The van der Waals surface area contributed by atoms with Crippen LogP contribution >= 0.6 is 7.87 Å². The number of aromatic nitrogens is 1. The average molecular weight is 284 g/mol. The van der Waals surface area contributed by atoms with E-state index in [1.165, 1.54) is 12.1 Å². The Morgan fingerprint density at radius 2 is 2.39 bits per heavy atom. The SMILES string of the molecule is C[PH](N)(OCc1coc(C(=O)NO)n1)ON(O)O. The third-order valence-electron chi connectivity index (χ3n) is 1.62. The van der Waals surface area contributed by atoms with Crippen molar-refractivity contribution in [3.8, 4) is 0 Å². The van der Waals surface area contributed by atoms with E-state index in [0.717, 1.165) is 6.26 Å². The molecule has 0 bridgehead atoms. The van der Waals surface area contributed by atoms with Crippen molar-refractivity contribution in [3.63, 3.8) is 0 Å². The fourth-order valence-corrected chi connectivity index (χ4v) is 1.74. The summed E-state index contributed by atoms with van der Waals surface area (Å²) < 4.78 is 14.2. The second kappa shape index (κ2) is 6.13. The first kappa shape index (κ1) is 14.9. The van der Waals surface area contributed by atoms with Crippen LogP contribution in [0.25, 0.3) is 0 Å². The molecule has 0 aliphatic heterocycles. The zero-order chi connectivity index (χ0) is 13.8. The van der Waals surface area contributed by atoms with E-state index in [0.29, 0.717) is 0 Å². The molecule has 0 fully saturated rings. The number of hydrogen-bond acceptors (Lipinski definition) is 10. The Morgan fingerprint density at radius 3 is 2.94 bits per heavy atom. The van der Waals surface area contributed by atoms with E-state index in [1.807, 2.05) is 0 Å². The number of carbonyl (C=O) groups is 1. The van der Waals surface area contributed by atoms with Gasteiger partial charge >= 0.3 is 100 Å². The fraction of sp³-hybridized carbons (Fsp3) is 0.333. The van der Waals surface area contributed by atoms with E-state index in [1.54, 1.807) is 0 Å². The van der Waals surface area contributed by atoms with Crippen LogP contribution in [-0.4, -0.2) is 38.6 Å². The van der Waals surface area contributed by atoms with Gasteiger partial charge in [0.15, 0.2) is 0 Å². The molecular formula is C6H13N4O7P. The molecule has 1 aromatic rings. The topological polar surface area (TPSA) is 164 Å². The molecule has 1 amide bonds. The van der Waals surface area contributed by atoms with Gasteiger partial charge in [-0.2, -0.15) is 0 Å². The van der Waals surface area contributed by atoms with Crippen LogP contribution in [0.4, 0.5) is 0 Å². The number of hydroxylamine groups is 1. The average Bonchev–Trinajstić information content (AvgIpc) is 2.72. The number of nitrogens with zero attached hydrogens (tertiary/aromatic N) is 2. The van der Waals surface area contributed by atoms with Crippen molar-refractivity contribution >= 4 is 13.8 Å². The number of carbonyl (C=O) groups excluding carboxylic acids is 1. The minimum atomic E-state index is -3.28. The predicted octanol–water partition coefficient (Wildman–Crippen LogP) is -0.594. The molecule has 1 heterocycles. The van der Waals surface area contributed by atoms with Crippen LogP contribution in [-0.2, 0) is 15.8 Å². The van der Waals surface area contributed by atoms with E-state index in [9.17, 15) is 4.79 Å². The third kappa shape index (κ3) is 4.60. The van der Waals surface area contributed by atoms with Gasteiger partial charge in [-0.3, -0.25) is 0 Å². The minimum absolute atomic E-state index is 0.171. The van der Waals surface area contributed by atoms with E-state index in [4.69, 9.17) is 30.1 Å². The van der Waals surface area contributed by atoms with Gasteiger partial charge in [-0.05, 0) is 0 Å². The predicted molar refractivity (Wildman–Crippen MR) is 55.5 cm³/mol. The van der Waals surface area contributed by atoms with Crippen LogP contribution in [0.5, 0.6) is 0 Å². The van der Waals surface area contributed by atoms with Crippen molar-refractivity contribution in [2.75, 3.05) is 6.66 Å². The molecule has 0 atom stereocenters. The number of amides is 1. The van der Waals surface area contributed by atoms with Gasteiger partial charge in [0.05, 0.1) is 0 Å². The van der Waals surface area contributed by atoms with Gasteiger partial charge in [-0.15, -0.1) is 0 Å². The molecule has 0 spiro atoms. The Hall–Kier alpha value is -1.17. The van der Waals surface area contributed by atoms with Gasteiger partial charge < -0.3 is 0 Å². The normalized spacial score (nSPS) is 12.8. The summed E-state index contributed by atoms with van der Waals surface area (Å²) in [7, 11) is -3.28. The maximum atomic E-state index is 10.9. The molecule has 11 nitrogen and oxygen atoms in total. The van der Waals surface area contributed by atoms with Gasteiger partial charge in [-0.25, -0.2) is 0 Å². The Labute approximate surface area is 101 Å². The van der Waals surface area contributed by atoms with E-state index in [-0.39, 0.29) is 18.2 Å². The zero-order valence-corrected chi connectivity index (χ0v) is 10.2. The quantitative estimate of drug-likeness (QED) is 0.259. The summed E-state index contributed by atoms with van der Waals surface area (Å²) in [6.45, 7) is 1.17. The Balaban J connectivity index is 2.53. The summed E-state index contributed by atoms with van der Waals surface area (Å²) in [5.41, 5.74) is 7.07. The second-order valence-corrected chi connectivity index (χ2v) is 5.74. The summed E-state index contributed by atoms with van der Waals surface area (Å²) in [5.74, 6) is -1.27. The van der Waals surface area contributed by atoms with Crippen molar-refractivity contribution in [2.24, 2.45) is 5.50 Å². The molecule has 12 heteroatoms. The van der Waals surface area contributed by atoms with Crippen molar-refractivity contribution in [1.82, 2.24) is 15.9 Å². The summed E-state index contributed by atoms with van der Waals surface area (Å²) in [5, 5.41) is 24.6. The van der Waals surface area contributed by atoms with Gasteiger partial charge in [-0.1, -0.05) is 0 Å². The molecular weight excluding hydrogens is 271 g/mol. The fourth-order valence-electron chi connectivity index (χ4n) is 0.931. The van der Waals surface area contributed by atoms with Crippen LogP contribution in [0.2, 0.25) is 0 Å². The number of nitrogens with one attached hydrogen (secondary N) is 1. The van der Waals surface area contributed by atoms with Gasteiger partial charge in [0.25, 0.3) is 0 Å². The summed E-state index contributed by atoms with van der Waals surface area (Å²) in [4.78, 5) is 14.6. The van der Waals surface area contributed by atoms with Gasteiger partial charge in [0.1, 0.15) is 0 Å². The molecule has 0 aliphatic carbocycles. The maximum absolute atomic E-state index is 10.9. The van der Waals surface area contributed by atoms with Crippen LogP contribution in [0.1, 0.15) is 16.4 Å². The number of nitrogens with two attached hydrogens (primary N) is 1. The van der Waals surface area contributed by atoms with Gasteiger partial charge in [0, 0.05) is 0 Å². The Morgan fingerprint density at radius 1 is 1.72 bits per heavy atom. The number of oxazole rings is 1. The monoisotopic (exact) mass is 284 g/mol. The number of rotatable bonds is 6. The van der Waals surface area contributed by atoms with Crippen molar-refractivity contribution in [1.29, 1.82) is 0 Å². The molecule has 0 aliphatic rings. The van der Waals surface area contributed by atoms with Crippen molar-refractivity contribution in [2.45, 2.75) is 6.61 Å². The van der Waals surface area contributed by atoms with Crippen LogP contribution in [0.3, 0.4) is 0 Å². The molecule has 0 aromatic carbocycles. The zero-order valence-electron chi connectivity index (χ0n) is 9.23. The first-order valence-electron chi connectivity index (χ1n) is 4.53. The molecule has 104 valence electrons. The third-order valence-corrected chi connectivity index (χ3v) is 2.86. The molecule has 0 saturated heterocycles. The van der Waals surface area contributed by atoms with E-state index in [2.05, 4.69) is 9.61 Å². The van der Waals surface area contributed by atoms with Crippen LogP contribution < -0.4 is 11.0 Å². The molecule has 6 N–H and O–H groups in total. The first-order valence-corrected chi connectivity index (χ1v) is 6.92. The van der Waals surface area contributed by atoms with E-state index < -0.39 is 19.2 Å². The number of hydrogen-bond donors (Lipinski definition) is 5. The first-order chi connectivity index (χ1) is 8.34. The van der Waals surface area contributed by atoms with Crippen molar-refractivity contribution < 1.29 is 34.0 Å². The van der Waals surface area contributed by atoms with Gasteiger partial charge in [0.2, 0.25) is 0 Å².